The maximum atomic E-state index is 13.1. The first-order valence-electron chi connectivity index (χ1n) is 12.2. The van der Waals surface area contributed by atoms with E-state index in [4.69, 9.17) is 0 Å². The SMILES string of the molecule is O=C(Nc1cc(C2=NCCN2)cc(C2=NCCN2)c1)Nc1cc(C2=NCCN2)cc(C2=NCCN2)c1. The molecule has 4 aliphatic heterocycles. The molecule has 0 bridgehead atoms. The number of urea groups is 1. The first-order chi connectivity index (χ1) is 17.7. The summed E-state index contributed by atoms with van der Waals surface area (Å²) in [4.78, 5) is 31.3. The molecule has 6 N–H and O–H groups in total. The monoisotopic (exact) mass is 484 g/mol. The Kier molecular flexibility index (Phi) is 5.94. The van der Waals surface area contributed by atoms with Crippen molar-refractivity contribution in [1.82, 2.24) is 21.3 Å². The normalized spacial score (nSPS) is 18.2. The maximum Gasteiger partial charge on any atom is 0.323 e. The van der Waals surface area contributed by atoms with E-state index in [2.05, 4.69) is 51.9 Å². The number of hydrogen-bond donors (Lipinski definition) is 6. The quantitative estimate of drug-likeness (QED) is 0.359. The summed E-state index contributed by atoms with van der Waals surface area (Å²) in [7, 11) is 0. The molecule has 4 aliphatic rings. The van der Waals surface area contributed by atoms with Gasteiger partial charge in [0.15, 0.2) is 0 Å². The van der Waals surface area contributed by atoms with Gasteiger partial charge in [-0.1, -0.05) is 0 Å². The number of benzene rings is 2. The summed E-state index contributed by atoms with van der Waals surface area (Å²) in [6.07, 6.45) is 0. The molecular weight excluding hydrogens is 456 g/mol. The van der Waals surface area contributed by atoms with Crippen molar-refractivity contribution in [1.29, 1.82) is 0 Å². The number of aliphatic imine (C=N–C) groups is 4. The zero-order valence-electron chi connectivity index (χ0n) is 19.8. The van der Waals surface area contributed by atoms with Crippen LogP contribution in [0, 0.1) is 0 Å². The van der Waals surface area contributed by atoms with Gasteiger partial charge in [-0.3, -0.25) is 20.0 Å². The van der Waals surface area contributed by atoms with Crippen molar-refractivity contribution in [3.05, 3.63) is 58.7 Å². The number of anilines is 2. The Bertz CT molecular complexity index is 1140. The number of carbonyl (C=O) groups is 1. The smallest absolute Gasteiger partial charge is 0.323 e. The minimum atomic E-state index is -0.341. The van der Waals surface area contributed by atoms with E-state index in [1.54, 1.807) is 0 Å². The molecule has 2 aromatic carbocycles. The lowest BCUT2D eigenvalue weighted by atomic mass is 10.1. The van der Waals surface area contributed by atoms with Crippen molar-refractivity contribution in [2.75, 3.05) is 63.0 Å². The molecule has 0 atom stereocenters. The van der Waals surface area contributed by atoms with E-state index in [0.29, 0.717) is 11.4 Å². The zero-order valence-corrected chi connectivity index (χ0v) is 19.8. The van der Waals surface area contributed by atoms with E-state index in [1.807, 2.05) is 36.4 Å². The predicted molar refractivity (Wildman–Crippen MR) is 143 cm³/mol. The van der Waals surface area contributed by atoms with Gasteiger partial charge in [0.2, 0.25) is 0 Å². The molecule has 0 fully saturated rings. The fraction of sp³-hybridized carbons (Fsp3) is 0.320. The highest BCUT2D eigenvalue weighted by molar-refractivity contribution is 6.09. The minimum Gasteiger partial charge on any atom is -0.368 e. The molecular formula is C25H28N10O. The molecule has 11 nitrogen and oxygen atoms in total. The molecule has 0 saturated carbocycles. The number of hydrogen-bond acceptors (Lipinski definition) is 9. The molecule has 0 unspecified atom stereocenters. The average Bonchev–Trinajstić information content (AvgIpc) is 3.72. The topological polar surface area (TPSA) is 139 Å². The van der Waals surface area contributed by atoms with Crippen LogP contribution in [0.3, 0.4) is 0 Å². The second-order valence-electron chi connectivity index (χ2n) is 8.81. The van der Waals surface area contributed by atoms with Gasteiger partial charge in [0, 0.05) is 59.8 Å². The second-order valence-corrected chi connectivity index (χ2v) is 8.81. The summed E-state index contributed by atoms with van der Waals surface area (Å²) in [5.41, 5.74) is 4.97. The van der Waals surface area contributed by atoms with Crippen LogP contribution in [0.15, 0.2) is 56.4 Å². The Labute approximate surface area is 208 Å². The number of nitrogens with zero attached hydrogens (tertiary/aromatic N) is 4. The number of amides is 2. The van der Waals surface area contributed by atoms with E-state index >= 15 is 0 Å². The highest BCUT2D eigenvalue weighted by atomic mass is 16.2. The molecule has 4 heterocycles. The highest BCUT2D eigenvalue weighted by Crippen LogP contribution is 2.21. The summed E-state index contributed by atoms with van der Waals surface area (Å²) >= 11 is 0. The Morgan fingerprint density at radius 3 is 1.08 bits per heavy atom. The lowest BCUT2D eigenvalue weighted by molar-refractivity contribution is 0.262. The molecule has 36 heavy (non-hydrogen) atoms. The first kappa shape index (κ1) is 22.1. The van der Waals surface area contributed by atoms with Crippen LogP contribution in [0.25, 0.3) is 0 Å². The third-order valence-corrected chi connectivity index (χ3v) is 6.17. The zero-order chi connectivity index (χ0) is 24.3. The van der Waals surface area contributed by atoms with E-state index in [0.717, 1.165) is 98.0 Å². The van der Waals surface area contributed by atoms with Crippen molar-refractivity contribution < 1.29 is 4.79 Å². The van der Waals surface area contributed by atoms with Gasteiger partial charge in [0.1, 0.15) is 23.3 Å². The van der Waals surface area contributed by atoms with Gasteiger partial charge in [0.25, 0.3) is 0 Å². The molecule has 0 saturated heterocycles. The summed E-state index contributed by atoms with van der Waals surface area (Å²) < 4.78 is 0. The van der Waals surface area contributed by atoms with Crippen molar-refractivity contribution in [2.24, 2.45) is 20.0 Å². The van der Waals surface area contributed by atoms with Crippen LogP contribution in [0.4, 0.5) is 16.2 Å². The molecule has 2 amide bonds. The van der Waals surface area contributed by atoms with Crippen LogP contribution in [0.5, 0.6) is 0 Å². The van der Waals surface area contributed by atoms with Gasteiger partial charge >= 0.3 is 6.03 Å². The van der Waals surface area contributed by atoms with Crippen LogP contribution in [0.1, 0.15) is 22.3 Å². The predicted octanol–water partition coefficient (Wildman–Crippen LogP) is 0.730. The van der Waals surface area contributed by atoms with Crippen molar-refractivity contribution in [2.45, 2.75) is 0 Å². The van der Waals surface area contributed by atoms with Crippen LogP contribution < -0.4 is 31.9 Å². The third-order valence-electron chi connectivity index (χ3n) is 6.17. The summed E-state index contributed by atoms with van der Waals surface area (Å²) in [5, 5.41) is 19.2. The molecule has 0 aromatic heterocycles. The number of amidine groups is 4. The Morgan fingerprint density at radius 1 is 0.528 bits per heavy atom. The van der Waals surface area contributed by atoms with E-state index in [1.165, 1.54) is 0 Å². The molecule has 0 spiro atoms. The van der Waals surface area contributed by atoms with Gasteiger partial charge < -0.3 is 31.9 Å². The average molecular weight is 485 g/mol. The van der Waals surface area contributed by atoms with Crippen molar-refractivity contribution in [3.8, 4) is 0 Å². The van der Waals surface area contributed by atoms with Gasteiger partial charge in [0.05, 0.1) is 26.2 Å². The summed E-state index contributed by atoms with van der Waals surface area (Å²) in [6.45, 7) is 6.17. The lowest BCUT2D eigenvalue weighted by Gasteiger charge is -2.14. The second kappa shape index (κ2) is 9.68. The number of nitrogens with one attached hydrogen (secondary N) is 6. The largest absolute Gasteiger partial charge is 0.368 e. The van der Waals surface area contributed by atoms with E-state index in [-0.39, 0.29) is 6.03 Å². The minimum absolute atomic E-state index is 0.341. The van der Waals surface area contributed by atoms with Gasteiger partial charge in [-0.25, -0.2) is 4.79 Å². The molecule has 11 heteroatoms. The van der Waals surface area contributed by atoms with Gasteiger partial charge in [-0.15, -0.1) is 0 Å². The lowest BCUT2D eigenvalue weighted by Crippen LogP contribution is -2.25. The van der Waals surface area contributed by atoms with Crippen LogP contribution in [-0.2, 0) is 0 Å². The molecule has 0 aliphatic carbocycles. The summed E-state index contributed by atoms with van der Waals surface area (Å²) in [5.74, 6) is 3.30. The van der Waals surface area contributed by atoms with Crippen LogP contribution in [0.2, 0.25) is 0 Å². The van der Waals surface area contributed by atoms with Gasteiger partial charge in [-0.2, -0.15) is 0 Å². The van der Waals surface area contributed by atoms with Gasteiger partial charge in [-0.05, 0) is 36.4 Å². The Balaban J connectivity index is 1.26. The molecule has 0 radical (unpaired) electrons. The van der Waals surface area contributed by atoms with Crippen LogP contribution in [-0.4, -0.2) is 81.7 Å². The fourth-order valence-electron chi connectivity index (χ4n) is 4.60. The molecule has 6 rings (SSSR count). The van der Waals surface area contributed by atoms with E-state index < -0.39 is 0 Å². The standard InChI is InChI=1S/C25H28N10O/c36-25(34-19-11-15(21-26-1-2-27-21)9-16(12-19)22-28-3-4-29-22)35-20-13-17(23-30-5-6-31-23)10-18(14-20)24-32-7-8-33-24/h9-14H,1-8H2,(H,26,27)(H,28,29)(H,30,31)(H,32,33)(H2,34,35,36). The van der Waals surface area contributed by atoms with Crippen LogP contribution >= 0.6 is 0 Å². The first-order valence-corrected chi connectivity index (χ1v) is 12.2. The van der Waals surface area contributed by atoms with Crippen molar-refractivity contribution >= 4 is 40.7 Å². The number of carbonyl (C=O) groups excluding carboxylic acids is 1. The van der Waals surface area contributed by atoms with E-state index in [9.17, 15) is 4.79 Å². The molecule has 184 valence electrons. The fourth-order valence-corrected chi connectivity index (χ4v) is 4.60. The maximum absolute atomic E-state index is 13.1. The highest BCUT2D eigenvalue weighted by Gasteiger charge is 2.18. The molecule has 2 aromatic rings. The Morgan fingerprint density at radius 2 is 0.833 bits per heavy atom. The third kappa shape index (κ3) is 4.72. The van der Waals surface area contributed by atoms with Crippen molar-refractivity contribution in [3.63, 3.8) is 0 Å². The number of rotatable bonds is 6. The summed E-state index contributed by atoms with van der Waals surface area (Å²) in [6, 6.07) is 11.4. The Hall–Kier alpha value is -4.41.